The van der Waals surface area contributed by atoms with Gasteiger partial charge in [-0.2, -0.15) is 5.10 Å². The van der Waals surface area contributed by atoms with E-state index in [2.05, 4.69) is 15.7 Å². The molecule has 0 saturated carbocycles. The van der Waals surface area contributed by atoms with Crippen molar-refractivity contribution in [2.24, 2.45) is 0 Å². The standard InChI is InChI=1S/C10H14N4O4/c1-3-11-10(18)12-8(15)6(2)14-5-4-7(13-14)9(16)17/h4-6H,3H2,1-2H3,(H,16,17)(H2,11,12,15,18). The van der Waals surface area contributed by atoms with Crippen LogP contribution in [0.3, 0.4) is 0 Å². The van der Waals surface area contributed by atoms with Gasteiger partial charge in [0, 0.05) is 12.7 Å². The van der Waals surface area contributed by atoms with Crippen LogP contribution in [0.15, 0.2) is 12.3 Å². The molecule has 1 rings (SSSR count). The van der Waals surface area contributed by atoms with Crippen LogP contribution >= 0.6 is 0 Å². The number of rotatable bonds is 4. The first-order valence-corrected chi connectivity index (χ1v) is 5.32. The topological polar surface area (TPSA) is 113 Å². The molecule has 0 aliphatic carbocycles. The highest BCUT2D eigenvalue weighted by molar-refractivity contribution is 5.96. The molecular formula is C10H14N4O4. The van der Waals surface area contributed by atoms with Gasteiger partial charge in [0.15, 0.2) is 5.69 Å². The number of hydrogen-bond donors (Lipinski definition) is 3. The number of carbonyl (C=O) groups is 3. The van der Waals surface area contributed by atoms with E-state index in [1.165, 1.54) is 23.9 Å². The fourth-order valence-electron chi connectivity index (χ4n) is 1.21. The highest BCUT2D eigenvalue weighted by Gasteiger charge is 2.19. The fraction of sp³-hybridized carbons (Fsp3) is 0.400. The van der Waals surface area contributed by atoms with Crippen LogP contribution < -0.4 is 10.6 Å². The van der Waals surface area contributed by atoms with Crippen molar-refractivity contribution in [3.8, 4) is 0 Å². The lowest BCUT2D eigenvalue weighted by Crippen LogP contribution is -2.42. The Morgan fingerprint density at radius 3 is 2.67 bits per heavy atom. The second-order valence-electron chi connectivity index (χ2n) is 3.51. The van der Waals surface area contributed by atoms with E-state index in [0.29, 0.717) is 6.54 Å². The summed E-state index contributed by atoms with van der Waals surface area (Å²) in [6.45, 7) is 3.63. The molecule has 8 nitrogen and oxygen atoms in total. The van der Waals surface area contributed by atoms with E-state index in [-0.39, 0.29) is 5.69 Å². The SMILES string of the molecule is CCNC(=O)NC(=O)C(C)n1ccc(C(=O)O)n1. The number of hydrogen-bond acceptors (Lipinski definition) is 4. The molecule has 18 heavy (non-hydrogen) atoms. The van der Waals surface area contributed by atoms with Crippen LogP contribution in [-0.2, 0) is 4.79 Å². The van der Waals surface area contributed by atoms with Gasteiger partial charge in [-0.05, 0) is 19.9 Å². The number of urea groups is 1. The Morgan fingerprint density at radius 2 is 2.17 bits per heavy atom. The summed E-state index contributed by atoms with van der Waals surface area (Å²) in [5.41, 5.74) is -0.160. The third-order valence-corrected chi connectivity index (χ3v) is 2.18. The summed E-state index contributed by atoms with van der Waals surface area (Å²) in [6.07, 6.45) is 1.37. The Hall–Kier alpha value is -2.38. The Balaban J connectivity index is 2.68. The van der Waals surface area contributed by atoms with Crippen LogP contribution in [0.2, 0.25) is 0 Å². The lowest BCUT2D eigenvalue weighted by Gasteiger charge is -2.11. The van der Waals surface area contributed by atoms with Gasteiger partial charge in [0.2, 0.25) is 0 Å². The van der Waals surface area contributed by atoms with Crippen LogP contribution in [0.25, 0.3) is 0 Å². The number of aromatic carboxylic acids is 1. The van der Waals surface area contributed by atoms with E-state index in [1.807, 2.05) is 0 Å². The number of imide groups is 1. The first-order valence-electron chi connectivity index (χ1n) is 5.32. The molecule has 98 valence electrons. The van der Waals surface area contributed by atoms with Crippen molar-refractivity contribution in [3.05, 3.63) is 18.0 Å². The summed E-state index contributed by atoms with van der Waals surface area (Å²) in [4.78, 5) is 33.4. The highest BCUT2D eigenvalue weighted by atomic mass is 16.4. The predicted octanol–water partition coefficient (Wildman–Crippen LogP) is -0.0120. The van der Waals surface area contributed by atoms with E-state index in [9.17, 15) is 14.4 Å². The van der Waals surface area contributed by atoms with Crippen molar-refractivity contribution in [1.82, 2.24) is 20.4 Å². The fourth-order valence-corrected chi connectivity index (χ4v) is 1.21. The van der Waals surface area contributed by atoms with E-state index >= 15 is 0 Å². The van der Waals surface area contributed by atoms with Crippen LogP contribution in [0.1, 0.15) is 30.4 Å². The molecule has 1 heterocycles. The van der Waals surface area contributed by atoms with Gasteiger partial charge >= 0.3 is 12.0 Å². The lowest BCUT2D eigenvalue weighted by atomic mass is 10.3. The number of carboxylic acid groups (broad SMARTS) is 1. The maximum absolute atomic E-state index is 11.6. The van der Waals surface area contributed by atoms with Crippen molar-refractivity contribution >= 4 is 17.9 Å². The molecule has 3 N–H and O–H groups in total. The summed E-state index contributed by atoms with van der Waals surface area (Å²) in [7, 11) is 0. The third-order valence-electron chi connectivity index (χ3n) is 2.18. The minimum absolute atomic E-state index is 0.160. The minimum Gasteiger partial charge on any atom is -0.476 e. The average molecular weight is 254 g/mol. The van der Waals surface area contributed by atoms with Crippen LogP contribution in [-0.4, -0.2) is 39.3 Å². The zero-order chi connectivity index (χ0) is 13.7. The second-order valence-corrected chi connectivity index (χ2v) is 3.51. The summed E-state index contributed by atoms with van der Waals surface area (Å²) >= 11 is 0. The van der Waals surface area contributed by atoms with Crippen molar-refractivity contribution < 1.29 is 19.5 Å². The van der Waals surface area contributed by atoms with Crippen molar-refractivity contribution in [2.45, 2.75) is 19.9 Å². The molecule has 0 aliphatic rings. The molecule has 0 saturated heterocycles. The van der Waals surface area contributed by atoms with Gasteiger partial charge in [-0.25, -0.2) is 9.59 Å². The Bertz CT molecular complexity index is 468. The maximum Gasteiger partial charge on any atom is 0.356 e. The van der Waals surface area contributed by atoms with E-state index in [4.69, 9.17) is 5.11 Å². The van der Waals surface area contributed by atoms with Gasteiger partial charge in [-0.3, -0.25) is 14.8 Å². The zero-order valence-corrected chi connectivity index (χ0v) is 10.0. The lowest BCUT2D eigenvalue weighted by molar-refractivity contribution is -0.123. The molecule has 3 amide bonds. The predicted molar refractivity (Wildman–Crippen MR) is 61.1 cm³/mol. The summed E-state index contributed by atoms with van der Waals surface area (Å²) in [6, 6.07) is -0.0984. The Labute approximate surface area is 103 Å². The normalized spacial score (nSPS) is 11.7. The van der Waals surface area contributed by atoms with Gasteiger partial charge in [0.05, 0.1) is 0 Å². The molecule has 0 fully saturated rings. The third kappa shape index (κ3) is 3.30. The molecule has 1 unspecified atom stereocenters. The largest absolute Gasteiger partial charge is 0.476 e. The summed E-state index contributed by atoms with van der Waals surface area (Å²) < 4.78 is 1.18. The maximum atomic E-state index is 11.6. The van der Waals surface area contributed by atoms with Gasteiger partial charge < -0.3 is 10.4 Å². The van der Waals surface area contributed by atoms with Crippen LogP contribution in [0, 0.1) is 0 Å². The molecule has 0 bridgehead atoms. The molecule has 1 aromatic rings. The van der Waals surface area contributed by atoms with Gasteiger partial charge in [0.1, 0.15) is 6.04 Å². The molecule has 0 radical (unpaired) electrons. The van der Waals surface area contributed by atoms with Gasteiger partial charge in [0.25, 0.3) is 5.91 Å². The first kappa shape index (κ1) is 13.7. The zero-order valence-electron chi connectivity index (χ0n) is 10.0. The van der Waals surface area contributed by atoms with Gasteiger partial charge in [-0.1, -0.05) is 0 Å². The Morgan fingerprint density at radius 1 is 1.50 bits per heavy atom. The summed E-state index contributed by atoms with van der Waals surface area (Å²) in [5.74, 6) is -1.74. The number of nitrogens with zero attached hydrogens (tertiary/aromatic N) is 2. The smallest absolute Gasteiger partial charge is 0.356 e. The number of aromatic nitrogens is 2. The molecule has 1 aromatic heterocycles. The summed E-state index contributed by atoms with van der Waals surface area (Å²) in [5, 5.41) is 16.9. The van der Waals surface area contributed by atoms with Crippen molar-refractivity contribution in [3.63, 3.8) is 0 Å². The first-order chi connectivity index (χ1) is 8.45. The average Bonchev–Trinajstić information content (AvgIpc) is 2.77. The van der Waals surface area contributed by atoms with Crippen molar-refractivity contribution in [2.75, 3.05) is 6.54 Å². The van der Waals surface area contributed by atoms with E-state index in [1.54, 1.807) is 6.92 Å². The highest BCUT2D eigenvalue weighted by Crippen LogP contribution is 2.05. The second kappa shape index (κ2) is 5.80. The monoisotopic (exact) mass is 254 g/mol. The number of amides is 3. The molecule has 0 aromatic carbocycles. The molecule has 0 spiro atoms. The van der Waals surface area contributed by atoms with Crippen LogP contribution in [0.5, 0.6) is 0 Å². The number of nitrogens with one attached hydrogen (secondary N) is 2. The van der Waals surface area contributed by atoms with Gasteiger partial charge in [-0.15, -0.1) is 0 Å². The number of carboxylic acids is 1. The van der Waals surface area contributed by atoms with E-state index in [0.717, 1.165) is 0 Å². The minimum atomic E-state index is -1.18. The molecule has 0 aliphatic heterocycles. The number of carbonyl (C=O) groups excluding carboxylic acids is 2. The molecule has 8 heteroatoms. The Kier molecular flexibility index (Phi) is 4.41. The van der Waals surface area contributed by atoms with Crippen molar-refractivity contribution in [1.29, 1.82) is 0 Å². The quantitative estimate of drug-likeness (QED) is 0.699. The molecular weight excluding hydrogens is 240 g/mol. The van der Waals surface area contributed by atoms with Crippen LogP contribution in [0.4, 0.5) is 4.79 Å². The van der Waals surface area contributed by atoms with E-state index < -0.39 is 23.9 Å². The molecule has 1 atom stereocenters.